The molecule has 0 N–H and O–H groups in total. The zero-order valence-corrected chi connectivity index (χ0v) is 30.7. The lowest BCUT2D eigenvalue weighted by Gasteiger charge is -2.35. The van der Waals surface area contributed by atoms with Crippen LogP contribution in [-0.4, -0.2) is 82.4 Å². The van der Waals surface area contributed by atoms with Gasteiger partial charge < -0.3 is 18.7 Å². The average Bonchev–Trinajstić information content (AvgIpc) is 3.35. The Balaban J connectivity index is 1.10. The molecule has 5 aromatic rings. The molecular weight excluding hydrogens is 695 g/mol. The number of hydrogen-bond donors (Lipinski definition) is 0. The third kappa shape index (κ3) is 7.80. The van der Waals surface area contributed by atoms with Crippen LogP contribution in [0.25, 0.3) is 21.5 Å². The van der Waals surface area contributed by atoms with Crippen molar-refractivity contribution in [3.8, 4) is 5.75 Å². The van der Waals surface area contributed by atoms with Crippen LogP contribution in [0.5, 0.6) is 5.75 Å². The van der Waals surface area contributed by atoms with Gasteiger partial charge in [0, 0.05) is 67.0 Å². The standard InChI is InChI=1S/C40H41N5O7S/c1-40(2,3)51-39(48)43-20-16-28(17-21-43)25-44-35(37(46)45(38(44)47)26-31-8-4-6-29-14-18-42-24-34(29)31)22-27-10-12-32(13-11-27)52-53(49,50)36-9-5-7-30-23-41-19-15-33(30)36/h4-15,18-19,23-24,28,35H,16-17,20-22,25-26H2,1-3H3. The fourth-order valence-electron chi connectivity index (χ4n) is 7.02. The van der Waals surface area contributed by atoms with Gasteiger partial charge in [0.25, 0.3) is 5.91 Å². The Morgan fingerprint density at radius 1 is 0.849 bits per heavy atom. The Labute approximate surface area is 308 Å². The van der Waals surface area contributed by atoms with Gasteiger partial charge in [-0.15, -0.1) is 0 Å². The van der Waals surface area contributed by atoms with Crippen LogP contribution in [0.3, 0.4) is 0 Å². The molecule has 1 unspecified atom stereocenters. The van der Waals surface area contributed by atoms with Crippen molar-refractivity contribution in [3.05, 3.63) is 109 Å². The fraction of sp³-hybridized carbons (Fsp3) is 0.325. The minimum Gasteiger partial charge on any atom is -0.444 e. The van der Waals surface area contributed by atoms with E-state index < -0.39 is 21.8 Å². The van der Waals surface area contributed by atoms with Crippen LogP contribution in [0.1, 0.15) is 44.7 Å². The highest BCUT2D eigenvalue weighted by Gasteiger charge is 2.46. The van der Waals surface area contributed by atoms with Gasteiger partial charge in [0.2, 0.25) is 0 Å². The van der Waals surface area contributed by atoms with Gasteiger partial charge in [0.1, 0.15) is 22.3 Å². The molecule has 4 amide bonds. The topological polar surface area (TPSA) is 139 Å². The van der Waals surface area contributed by atoms with Gasteiger partial charge in [-0.2, -0.15) is 8.42 Å². The predicted molar refractivity (Wildman–Crippen MR) is 198 cm³/mol. The van der Waals surface area contributed by atoms with Gasteiger partial charge in [0.15, 0.2) is 0 Å². The Morgan fingerprint density at radius 3 is 2.30 bits per heavy atom. The molecule has 2 aliphatic heterocycles. The van der Waals surface area contributed by atoms with Crippen molar-refractivity contribution in [2.24, 2.45) is 5.92 Å². The molecule has 2 fully saturated rings. The Kier molecular flexibility index (Phi) is 9.77. The van der Waals surface area contributed by atoms with E-state index in [4.69, 9.17) is 8.92 Å². The molecule has 0 bridgehead atoms. The van der Waals surface area contributed by atoms with E-state index in [0.29, 0.717) is 43.2 Å². The number of urea groups is 1. The monoisotopic (exact) mass is 735 g/mol. The van der Waals surface area contributed by atoms with Crippen LogP contribution in [0.2, 0.25) is 0 Å². The zero-order chi connectivity index (χ0) is 37.3. The second-order valence-electron chi connectivity index (χ2n) is 14.5. The van der Waals surface area contributed by atoms with Crippen molar-refractivity contribution >= 4 is 49.7 Å². The molecule has 53 heavy (non-hydrogen) atoms. The molecule has 7 rings (SSSR count). The number of aromatic nitrogens is 2. The molecule has 3 aromatic carbocycles. The number of carbonyl (C=O) groups is 3. The third-order valence-corrected chi connectivity index (χ3v) is 11.0. The third-order valence-electron chi connectivity index (χ3n) is 9.70. The van der Waals surface area contributed by atoms with Crippen LogP contribution < -0.4 is 4.18 Å². The molecular formula is C40H41N5O7S. The van der Waals surface area contributed by atoms with Crippen LogP contribution in [-0.2, 0) is 32.6 Å². The number of imide groups is 1. The van der Waals surface area contributed by atoms with E-state index >= 15 is 0 Å². The number of pyridine rings is 2. The molecule has 0 radical (unpaired) electrons. The number of benzene rings is 3. The van der Waals surface area contributed by atoms with Gasteiger partial charge in [-0.25, -0.2) is 9.59 Å². The Hall–Kier alpha value is -5.56. The highest BCUT2D eigenvalue weighted by atomic mass is 32.2. The Bertz CT molecular complexity index is 2270. The average molecular weight is 736 g/mol. The normalized spacial score (nSPS) is 17.2. The van der Waals surface area contributed by atoms with Crippen molar-refractivity contribution in [3.63, 3.8) is 0 Å². The second kappa shape index (κ2) is 14.5. The SMILES string of the molecule is CC(C)(C)OC(=O)N1CCC(CN2C(=O)N(Cc3cccc4ccncc34)C(=O)C2Cc2ccc(OS(=O)(=O)c3cccc4cnccc34)cc2)CC1. The fourth-order valence-corrected chi connectivity index (χ4v) is 8.17. The van der Waals surface area contributed by atoms with Crippen molar-refractivity contribution < 1.29 is 31.7 Å². The molecule has 0 spiro atoms. The first-order valence-electron chi connectivity index (χ1n) is 17.6. The predicted octanol–water partition coefficient (Wildman–Crippen LogP) is 6.57. The first kappa shape index (κ1) is 35.8. The van der Waals surface area contributed by atoms with E-state index in [0.717, 1.165) is 21.9 Å². The number of fused-ring (bicyclic) bond motifs is 2. The van der Waals surface area contributed by atoms with E-state index in [9.17, 15) is 22.8 Å². The smallest absolute Gasteiger partial charge is 0.410 e. The minimum atomic E-state index is -4.17. The summed E-state index contributed by atoms with van der Waals surface area (Å²) in [7, 11) is -4.17. The molecule has 274 valence electrons. The van der Waals surface area contributed by atoms with Crippen molar-refractivity contribution in [2.75, 3.05) is 19.6 Å². The number of amides is 4. The quantitative estimate of drug-likeness (QED) is 0.121. The van der Waals surface area contributed by atoms with Crippen molar-refractivity contribution in [1.29, 1.82) is 0 Å². The summed E-state index contributed by atoms with van der Waals surface area (Å²) in [5, 5.41) is 3.01. The van der Waals surface area contributed by atoms with Gasteiger partial charge in [-0.1, -0.05) is 42.5 Å². The number of likely N-dealkylation sites (tertiary alicyclic amines) is 1. The maximum atomic E-state index is 14.2. The second-order valence-corrected chi connectivity index (χ2v) is 16.1. The number of rotatable bonds is 9. The highest BCUT2D eigenvalue weighted by Crippen LogP contribution is 2.31. The van der Waals surface area contributed by atoms with E-state index in [2.05, 4.69) is 9.97 Å². The van der Waals surface area contributed by atoms with Crippen LogP contribution in [0, 0.1) is 5.92 Å². The van der Waals surface area contributed by atoms with Crippen LogP contribution >= 0.6 is 0 Å². The largest absolute Gasteiger partial charge is 0.444 e. The lowest BCUT2D eigenvalue weighted by atomic mass is 9.95. The molecule has 1 atom stereocenters. The first-order valence-corrected chi connectivity index (χ1v) is 19.0. The lowest BCUT2D eigenvalue weighted by Crippen LogP contribution is -2.46. The van der Waals surface area contributed by atoms with E-state index in [1.54, 1.807) is 70.9 Å². The maximum Gasteiger partial charge on any atom is 0.410 e. The number of ether oxygens (including phenoxy) is 1. The molecule has 2 aliphatic rings. The molecule has 12 nitrogen and oxygen atoms in total. The van der Waals surface area contributed by atoms with Gasteiger partial charge in [-0.05, 0) is 86.4 Å². The van der Waals surface area contributed by atoms with E-state index in [1.807, 2.05) is 45.0 Å². The summed E-state index contributed by atoms with van der Waals surface area (Å²) in [6.07, 6.45) is 7.75. The van der Waals surface area contributed by atoms with Crippen molar-refractivity contribution in [1.82, 2.24) is 24.7 Å². The highest BCUT2D eigenvalue weighted by molar-refractivity contribution is 7.87. The van der Waals surface area contributed by atoms with Gasteiger partial charge in [-0.3, -0.25) is 19.7 Å². The molecule has 0 saturated carbocycles. The van der Waals surface area contributed by atoms with E-state index in [-0.39, 0.29) is 47.6 Å². The summed E-state index contributed by atoms with van der Waals surface area (Å²) in [6, 6.07) is 19.6. The molecule has 4 heterocycles. The summed E-state index contributed by atoms with van der Waals surface area (Å²) in [5.74, 6) is -0.121. The molecule has 0 aliphatic carbocycles. The first-order chi connectivity index (χ1) is 25.4. The van der Waals surface area contributed by atoms with Crippen LogP contribution in [0.15, 0.2) is 102 Å². The molecule has 2 aromatic heterocycles. The summed E-state index contributed by atoms with van der Waals surface area (Å²) in [5.41, 5.74) is 0.951. The minimum absolute atomic E-state index is 0.0335. The molecule has 13 heteroatoms. The number of nitrogens with zero attached hydrogens (tertiary/aromatic N) is 5. The number of carbonyl (C=O) groups excluding carboxylic acids is 3. The maximum absolute atomic E-state index is 14.2. The molecule has 2 saturated heterocycles. The summed E-state index contributed by atoms with van der Waals surface area (Å²) >= 11 is 0. The summed E-state index contributed by atoms with van der Waals surface area (Å²) in [6.45, 7) is 6.94. The van der Waals surface area contributed by atoms with Crippen LogP contribution in [0.4, 0.5) is 9.59 Å². The van der Waals surface area contributed by atoms with E-state index in [1.165, 1.54) is 17.2 Å². The lowest BCUT2D eigenvalue weighted by molar-refractivity contribution is -0.128. The zero-order valence-electron chi connectivity index (χ0n) is 29.8. The van der Waals surface area contributed by atoms with Gasteiger partial charge >= 0.3 is 22.2 Å². The van der Waals surface area contributed by atoms with Gasteiger partial charge in [0.05, 0.1) is 6.54 Å². The summed E-state index contributed by atoms with van der Waals surface area (Å²) < 4.78 is 37.7. The number of piperidine rings is 1. The Morgan fingerprint density at radius 2 is 1.55 bits per heavy atom. The summed E-state index contributed by atoms with van der Waals surface area (Å²) in [4.78, 5) is 54.0. The number of hydrogen-bond acceptors (Lipinski definition) is 9. The van der Waals surface area contributed by atoms with Crippen molar-refractivity contribution in [2.45, 2.75) is 63.1 Å².